The Morgan fingerprint density at radius 3 is 2.94 bits per heavy atom. The van der Waals surface area contributed by atoms with Gasteiger partial charge in [0.1, 0.15) is 5.75 Å². The molecule has 0 bridgehead atoms. The number of aryl methyl sites for hydroxylation is 1. The molecule has 0 aliphatic heterocycles. The molecular formula is C11H11ClN2OS. The van der Waals surface area contributed by atoms with Crippen LogP contribution >= 0.6 is 22.9 Å². The lowest BCUT2D eigenvalue weighted by Gasteiger charge is -2.08. The Balaban J connectivity index is 2.04. The highest BCUT2D eigenvalue weighted by molar-refractivity contribution is 7.15. The van der Waals surface area contributed by atoms with Gasteiger partial charge in [0.25, 0.3) is 0 Å². The molecule has 2 aromatic rings. The highest BCUT2D eigenvalue weighted by atomic mass is 35.5. The first kappa shape index (κ1) is 11.2. The number of aromatic nitrogens is 1. The molecule has 3 nitrogen and oxygen atoms in total. The Morgan fingerprint density at radius 1 is 1.50 bits per heavy atom. The molecule has 0 amide bonds. The Labute approximate surface area is 103 Å². The van der Waals surface area contributed by atoms with Crippen LogP contribution in [0.15, 0.2) is 24.4 Å². The second kappa shape index (κ2) is 4.72. The zero-order valence-corrected chi connectivity index (χ0v) is 10.3. The van der Waals surface area contributed by atoms with Crippen LogP contribution in [0.1, 0.15) is 10.4 Å². The van der Waals surface area contributed by atoms with Gasteiger partial charge in [-0.15, -0.1) is 11.3 Å². The van der Waals surface area contributed by atoms with Gasteiger partial charge in [0, 0.05) is 16.8 Å². The Bertz CT molecular complexity index is 498. The molecule has 0 aliphatic carbocycles. The SMILES string of the molecule is Cc1cc(O)ccc1NCc1cnc(Cl)s1. The predicted molar refractivity (Wildman–Crippen MR) is 67.3 cm³/mol. The van der Waals surface area contributed by atoms with Crippen LogP contribution < -0.4 is 5.32 Å². The minimum atomic E-state index is 0.281. The lowest BCUT2D eigenvalue weighted by atomic mass is 10.2. The first-order valence-electron chi connectivity index (χ1n) is 4.79. The van der Waals surface area contributed by atoms with Crippen LogP contribution in [0.5, 0.6) is 5.75 Å². The first-order chi connectivity index (χ1) is 7.65. The van der Waals surface area contributed by atoms with E-state index >= 15 is 0 Å². The fourth-order valence-corrected chi connectivity index (χ4v) is 2.31. The van der Waals surface area contributed by atoms with Crippen molar-refractivity contribution in [3.8, 4) is 5.75 Å². The van der Waals surface area contributed by atoms with Crippen molar-refractivity contribution in [1.82, 2.24) is 4.98 Å². The fourth-order valence-electron chi connectivity index (χ4n) is 1.39. The lowest BCUT2D eigenvalue weighted by Crippen LogP contribution is -1.98. The van der Waals surface area contributed by atoms with Gasteiger partial charge in [0.2, 0.25) is 0 Å². The van der Waals surface area contributed by atoms with Crippen LogP contribution in [0.3, 0.4) is 0 Å². The molecule has 0 fully saturated rings. The Hall–Kier alpha value is -1.26. The molecule has 5 heteroatoms. The fraction of sp³-hybridized carbons (Fsp3) is 0.182. The number of nitrogens with one attached hydrogen (secondary N) is 1. The molecule has 0 atom stereocenters. The number of thiazole rings is 1. The highest BCUT2D eigenvalue weighted by Gasteiger charge is 2.02. The van der Waals surface area contributed by atoms with E-state index in [2.05, 4.69) is 10.3 Å². The van der Waals surface area contributed by atoms with Gasteiger partial charge in [0.05, 0.1) is 6.54 Å². The number of hydrogen-bond acceptors (Lipinski definition) is 4. The van der Waals surface area contributed by atoms with Gasteiger partial charge < -0.3 is 10.4 Å². The van der Waals surface area contributed by atoms with Crippen LogP contribution in [0, 0.1) is 6.92 Å². The van der Waals surface area contributed by atoms with Gasteiger partial charge in [-0.05, 0) is 30.7 Å². The Morgan fingerprint density at radius 2 is 2.31 bits per heavy atom. The molecule has 0 unspecified atom stereocenters. The van der Waals surface area contributed by atoms with E-state index < -0.39 is 0 Å². The molecule has 2 N–H and O–H groups in total. The summed E-state index contributed by atoms with van der Waals surface area (Å²) in [6.45, 7) is 2.64. The first-order valence-corrected chi connectivity index (χ1v) is 5.98. The third-order valence-electron chi connectivity index (χ3n) is 2.19. The van der Waals surface area contributed by atoms with Crippen LogP contribution in [0.4, 0.5) is 5.69 Å². The molecule has 0 aliphatic rings. The van der Waals surface area contributed by atoms with Crippen molar-refractivity contribution < 1.29 is 5.11 Å². The summed E-state index contributed by atoms with van der Waals surface area (Å²) < 4.78 is 0.555. The lowest BCUT2D eigenvalue weighted by molar-refractivity contribution is 0.475. The van der Waals surface area contributed by atoms with E-state index in [4.69, 9.17) is 11.6 Å². The second-order valence-electron chi connectivity index (χ2n) is 3.43. The number of phenols is 1. The molecule has 0 spiro atoms. The van der Waals surface area contributed by atoms with E-state index in [9.17, 15) is 5.11 Å². The number of anilines is 1. The van der Waals surface area contributed by atoms with Crippen LogP contribution in [0.25, 0.3) is 0 Å². The van der Waals surface area contributed by atoms with Crippen molar-refractivity contribution in [3.63, 3.8) is 0 Å². The summed E-state index contributed by atoms with van der Waals surface area (Å²) >= 11 is 7.20. The highest BCUT2D eigenvalue weighted by Crippen LogP contribution is 2.22. The number of rotatable bonds is 3. The molecule has 2 rings (SSSR count). The number of halogens is 1. The van der Waals surface area contributed by atoms with E-state index in [1.165, 1.54) is 11.3 Å². The smallest absolute Gasteiger partial charge is 0.183 e. The Kier molecular flexibility index (Phi) is 3.31. The molecular weight excluding hydrogens is 244 g/mol. The third kappa shape index (κ3) is 2.65. The van der Waals surface area contributed by atoms with E-state index in [-0.39, 0.29) is 5.75 Å². The average molecular weight is 255 g/mol. The monoisotopic (exact) mass is 254 g/mol. The van der Waals surface area contributed by atoms with Crippen molar-refractivity contribution in [3.05, 3.63) is 39.3 Å². The van der Waals surface area contributed by atoms with Gasteiger partial charge in [-0.2, -0.15) is 0 Å². The second-order valence-corrected chi connectivity index (χ2v) is 5.13. The maximum absolute atomic E-state index is 9.27. The molecule has 0 saturated heterocycles. The maximum atomic E-state index is 9.27. The summed E-state index contributed by atoms with van der Waals surface area (Å²) in [4.78, 5) is 5.05. The number of aromatic hydroxyl groups is 1. The number of hydrogen-bond donors (Lipinski definition) is 2. The number of nitrogens with zero attached hydrogens (tertiary/aromatic N) is 1. The van der Waals surface area contributed by atoms with Gasteiger partial charge in [-0.25, -0.2) is 4.98 Å². The zero-order valence-electron chi connectivity index (χ0n) is 8.70. The molecule has 0 saturated carbocycles. The van der Waals surface area contributed by atoms with E-state index in [1.807, 2.05) is 13.0 Å². The molecule has 1 aromatic heterocycles. The normalized spacial score (nSPS) is 10.4. The van der Waals surface area contributed by atoms with Crippen LogP contribution in [-0.4, -0.2) is 10.1 Å². The van der Waals surface area contributed by atoms with Gasteiger partial charge in [-0.3, -0.25) is 0 Å². The summed E-state index contributed by atoms with van der Waals surface area (Å²) in [7, 11) is 0. The zero-order chi connectivity index (χ0) is 11.5. The number of benzene rings is 1. The molecule has 16 heavy (non-hydrogen) atoms. The summed E-state index contributed by atoms with van der Waals surface area (Å²) in [6, 6.07) is 5.24. The quantitative estimate of drug-likeness (QED) is 0.825. The standard InChI is InChI=1S/C11H11ClN2OS/c1-7-4-8(15)2-3-10(7)13-5-9-6-14-11(12)16-9/h2-4,6,13,15H,5H2,1H3. The third-order valence-corrected chi connectivity index (χ3v) is 3.30. The van der Waals surface area contributed by atoms with Crippen molar-refractivity contribution >= 4 is 28.6 Å². The largest absolute Gasteiger partial charge is 0.508 e. The minimum absolute atomic E-state index is 0.281. The van der Waals surface area contributed by atoms with Gasteiger partial charge >= 0.3 is 0 Å². The average Bonchev–Trinajstić information content (AvgIpc) is 2.63. The van der Waals surface area contributed by atoms with Crippen molar-refractivity contribution in [2.24, 2.45) is 0 Å². The van der Waals surface area contributed by atoms with Crippen LogP contribution in [-0.2, 0) is 6.54 Å². The van der Waals surface area contributed by atoms with Gasteiger partial charge in [-0.1, -0.05) is 11.6 Å². The van der Waals surface area contributed by atoms with Crippen molar-refractivity contribution in [2.45, 2.75) is 13.5 Å². The van der Waals surface area contributed by atoms with Gasteiger partial charge in [0.15, 0.2) is 4.47 Å². The molecule has 84 valence electrons. The van der Waals surface area contributed by atoms with E-state index in [0.717, 1.165) is 16.1 Å². The summed E-state index contributed by atoms with van der Waals surface area (Å²) in [5.74, 6) is 0.281. The topological polar surface area (TPSA) is 45.1 Å². The summed E-state index contributed by atoms with van der Waals surface area (Å²) in [6.07, 6.45) is 1.76. The van der Waals surface area contributed by atoms with Crippen molar-refractivity contribution in [2.75, 3.05) is 5.32 Å². The van der Waals surface area contributed by atoms with Crippen molar-refractivity contribution in [1.29, 1.82) is 0 Å². The van der Waals surface area contributed by atoms with E-state index in [1.54, 1.807) is 18.3 Å². The summed E-state index contributed by atoms with van der Waals surface area (Å²) in [5, 5.41) is 12.5. The van der Waals surface area contributed by atoms with E-state index in [0.29, 0.717) is 11.0 Å². The van der Waals surface area contributed by atoms with Crippen LogP contribution in [0.2, 0.25) is 4.47 Å². The number of phenolic OH excluding ortho intramolecular Hbond substituents is 1. The minimum Gasteiger partial charge on any atom is -0.508 e. The maximum Gasteiger partial charge on any atom is 0.183 e. The molecule has 0 radical (unpaired) electrons. The molecule has 1 heterocycles. The predicted octanol–water partition coefficient (Wildman–Crippen LogP) is 3.42. The molecule has 1 aromatic carbocycles. The summed E-state index contributed by atoms with van der Waals surface area (Å²) in [5.41, 5.74) is 2.01.